The van der Waals surface area contributed by atoms with E-state index in [4.69, 9.17) is 25.5 Å². The quantitative estimate of drug-likeness (QED) is 0.219. The molecule has 0 aromatic rings. The Bertz CT molecular complexity index is 210. The second-order valence-electron chi connectivity index (χ2n) is 3.34. The highest BCUT2D eigenvalue weighted by atomic mass is 16.4. The zero-order chi connectivity index (χ0) is 12.9. The third kappa shape index (κ3) is 3.76. The molecule has 16 heavy (non-hydrogen) atoms. The minimum atomic E-state index is -2.05. The lowest BCUT2D eigenvalue weighted by Crippen LogP contribution is -2.53. The van der Waals surface area contributed by atoms with Crippen molar-refractivity contribution in [1.82, 2.24) is 0 Å². The highest BCUT2D eigenvalue weighted by Crippen LogP contribution is 2.10. The summed E-state index contributed by atoms with van der Waals surface area (Å²) in [6.45, 7) is -0.864. The van der Waals surface area contributed by atoms with Crippen molar-refractivity contribution in [3.8, 4) is 0 Å². The van der Waals surface area contributed by atoms with Crippen LogP contribution in [0.15, 0.2) is 0 Å². The molecule has 8 heteroatoms. The van der Waals surface area contributed by atoms with E-state index in [1.54, 1.807) is 0 Å². The number of carbonyl (C=O) groups is 1. The van der Waals surface area contributed by atoms with E-state index < -0.39 is 43.2 Å². The van der Waals surface area contributed by atoms with Gasteiger partial charge in [-0.2, -0.15) is 0 Å². The zero-order valence-corrected chi connectivity index (χ0v) is 8.29. The first kappa shape index (κ1) is 15.4. The third-order valence-corrected chi connectivity index (χ3v) is 2.12. The molecule has 0 amide bonds. The molecule has 0 bridgehead atoms. The van der Waals surface area contributed by atoms with Gasteiger partial charge in [0.1, 0.15) is 36.6 Å². The van der Waals surface area contributed by atoms with Crippen LogP contribution in [0.25, 0.3) is 0 Å². The molecule has 0 aromatic carbocycles. The van der Waals surface area contributed by atoms with Crippen LogP contribution in [0, 0.1) is 0 Å². The van der Waals surface area contributed by atoms with Crippen LogP contribution in [0.3, 0.4) is 0 Å². The monoisotopic (exact) mass is 240 g/mol. The second kappa shape index (κ2) is 6.86. The first-order valence-electron chi connectivity index (χ1n) is 4.51. The van der Waals surface area contributed by atoms with Crippen LogP contribution in [-0.2, 0) is 4.79 Å². The van der Waals surface area contributed by atoms with E-state index in [-0.39, 0.29) is 6.29 Å². The molecule has 0 radical (unpaired) electrons. The maximum atomic E-state index is 10.1. The highest BCUT2D eigenvalue weighted by molar-refractivity contribution is 5.56. The van der Waals surface area contributed by atoms with E-state index in [1.165, 1.54) is 0 Å². The molecule has 0 saturated carbocycles. The fourth-order valence-electron chi connectivity index (χ4n) is 1.02. The average Bonchev–Trinajstić information content (AvgIpc) is 2.32. The molecule has 0 aliphatic rings. The van der Waals surface area contributed by atoms with Crippen molar-refractivity contribution in [3.05, 3.63) is 0 Å². The molecule has 96 valence electrons. The number of aliphatic hydroxyl groups excluding tert-OH is 7. The number of aliphatic hydroxyl groups is 7. The first-order valence-corrected chi connectivity index (χ1v) is 4.51. The normalized spacial score (nSPS) is 22.9. The minimum Gasteiger partial charge on any atom is -0.394 e. The Labute approximate surface area is 91.0 Å². The average molecular weight is 240 g/mol. The van der Waals surface area contributed by atoms with E-state index >= 15 is 0 Å². The standard InChI is InChI=1S/C8H16O8/c9-1-3(11)5(13)7(15)8(16)6(14)4(12)2-10/h1,3-8,10-16H,2H2. The predicted molar refractivity (Wildman–Crippen MR) is 49.2 cm³/mol. The van der Waals surface area contributed by atoms with Crippen molar-refractivity contribution in [2.45, 2.75) is 36.6 Å². The van der Waals surface area contributed by atoms with Gasteiger partial charge in [0.05, 0.1) is 6.61 Å². The van der Waals surface area contributed by atoms with Gasteiger partial charge in [0, 0.05) is 0 Å². The topological polar surface area (TPSA) is 159 Å². The lowest BCUT2D eigenvalue weighted by molar-refractivity contribution is -0.159. The molecule has 0 rings (SSSR count). The molecule has 0 heterocycles. The Hall–Kier alpha value is -0.610. The molecule has 0 aromatic heterocycles. The molecule has 6 atom stereocenters. The predicted octanol–water partition coefficient (Wildman–Crippen LogP) is -4.66. The van der Waals surface area contributed by atoms with E-state index in [9.17, 15) is 15.0 Å². The summed E-state index contributed by atoms with van der Waals surface area (Å²) in [5, 5.41) is 63.0. The molecule has 8 nitrogen and oxygen atoms in total. The van der Waals surface area contributed by atoms with Crippen LogP contribution in [0.5, 0.6) is 0 Å². The number of hydrogen-bond donors (Lipinski definition) is 7. The van der Waals surface area contributed by atoms with Gasteiger partial charge in [0.15, 0.2) is 6.29 Å². The molecule has 0 aliphatic heterocycles. The summed E-state index contributed by atoms with van der Waals surface area (Å²) in [5.41, 5.74) is 0. The van der Waals surface area contributed by atoms with E-state index in [2.05, 4.69) is 0 Å². The van der Waals surface area contributed by atoms with Crippen molar-refractivity contribution in [2.75, 3.05) is 6.61 Å². The summed E-state index contributed by atoms with van der Waals surface area (Å²) in [5.74, 6) is 0. The van der Waals surface area contributed by atoms with Crippen molar-refractivity contribution >= 4 is 6.29 Å². The molecule has 0 saturated heterocycles. The van der Waals surface area contributed by atoms with E-state index in [1.807, 2.05) is 0 Å². The molecular formula is C8H16O8. The number of carbonyl (C=O) groups excluding carboxylic acids is 1. The maximum absolute atomic E-state index is 10.1. The van der Waals surface area contributed by atoms with E-state index in [0.29, 0.717) is 0 Å². The molecule has 0 spiro atoms. The number of rotatable bonds is 7. The first-order chi connectivity index (χ1) is 7.36. The molecule has 0 fully saturated rings. The summed E-state index contributed by atoms with van der Waals surface area (Å²) < 4.78 is 0. The fraction of sp³-hybridized carbons (Fsp3) is 0.875. The summed E-state index contributed by atoms with van der Waals surface area (Å²) in [6, 6.07) is 0. The lowest BCUT2D eigenvalue weighted by atomic mass is 9.97. The summed E-state index contributed by atoms with van der Waals surface area (Å²) in [7, 11) is 0. The fourth-order valence-corrected chi connectivity index (χ4v) is 1.02. The van der Waals surface area contributed by atoms with Crippen LogP contribution < -0.4 is 0 Å². The SMILES string of the molecule is O=CC(O)C(O)C(O)C(O)C(O)C(O)CO. The van der Waals surface area contributed by atoms with Gasteiger partial charge in [-0.25, -0.2) is 0 Å². The maximum Gasteiger partial charge on any atom is 0.151 e. The van der Waals surface area contributed by atoms with Gasteiger partial charge in [0.25, 0.3) is 0 Å². The van der Waals surface area contributed by atoms with Gasteiger partial charge in [-0.1, -0.05) is 0 Å². The largest absolute Gasteiger partial charge is 0.394 e. The highest BCUT2D eigenvalue weighted by Gasteiger charge is 2.36. The van der Waals surface area contributed by atoms with Gasteiger partial charge < -0.3 is 40.5 Å². The molecule has 7 N–H and O–H groups in total. The van der Waals surface area contributed by atoms with Gasteiger partial charge in [0.2, 0.25) is 0 Å². The lowest BCUT2D eigenvalue weighted by Gasteiger charge is -2.29. The Morgan fingerprint density at radius 2 is 1.25 bits per heavy atom. The molecular weight excluding hydrogens is 224 g/mol. The third-order valence-electron chi connectivity index (χ3n) is 2.12. The summed E-state index contributed by atoms with van der Waals surface area (Å²) >= 11 is 0. The Morgan fingerprint density at radius 1 is 0.812 bits per heavy atom. The molecule has 0 aliphatic carbocycles. The Balaban J connectivity index is 4.47. The van der Waals surface area contributed by atoms with Crippen LogP contribution in [-0.4, -0.2) is 85.3 Å². The van der Waals surface area contributed by atoms with Gasteiger partial charge in [-0.05, 0) is 0 Å². The minimum absolute atomic E-state index is 0.0601. The van der Waals surface area contributed by atoms with Crippen LogP contribution in [0.2, 0.25) is 0 Å². The zero-order valence-electron chi connectivity index (χ0n) is 8.29. The summed E-state index contributed by atoms with van der Waals surface area (Å²) in [4.78, 5) is 10.1. The second-order valence-corrected chi connectivity index (χ2v) is 3.34. The van der Waals surface area contributed by atoms with Gasteiger partial charge in [-0.15, -0.1) is 0 Å². The Kier molecular flexibility index (Phi) is 6.60. The smallest absolute Gasteiger partial charge is 0.151 e. The number of hydrogen-bond acceptors (Lipinski definition) is 8. The summed E-state index contributed by atoms with van der Waals surface area (Å²) in [6.07, 6.45) is -11.7. The van der Waals surface area contributed by atoms with Crippen molar-refractivity contribution in [3.63, 3.8) is 0 Å². The van der Waals surface area contributed by atoms with Crippen LogP contribution in [0.1, 0.15) is 0 Å². The van der Waals surface area contributed by atoms with Crippen molar-refractivity contribution in [2.24, 2.45) is 0 Å². The van der Waals surface area contributed by atoms with Gasteiger partial charge in [-0.3, -0.25) is 0 Å². The molecule has 6 unspecified atom stereocenters. The van der Waals surface area contributed by atoms with Crippen molar-refractivity contribution < 1.29 is 40.5 Å². The van der Waals surface area contributed by atoms with E-state index in [0.717, 1.165) is 0 Å². The Morgan fingerprint density at radius 3 is 1.62 bits per heavy atom. The van der Waals surface area contributed by atoms with Crippen LogP contribution >= 0.6 is 0 Å². The van der Waals surface area contributed by atoms with Gasteiger partial charge >= 0.3 is 0 Å². The van der Waals surface area contributed by atoms with Crippen molar-refractivity contribution in [1.29, 1.82) is 0 Å². The number of aldehydes is 1. The van der Waals surface area contributed by atoms with Crippen LogP contribution in [0.4, 0.5) is 0 Å².